The fourth-order valence-electron chi connectivity index (χ4n) is 0.809. The summed E-state index contributed by atoms with van der Waals surface area (Å²) >= 11 is 11.4. The van der Waals surface area contributed by atoms with E-state index in [-0.39, 0.29) is 7.43 Å². The zero-order chi connectivity index (χ0) is 8.97. The van der Waals surface area contributed by atoms with Crippen LogP contribution in [0.3, 0.4) is 0 Å². The molecule has 1 rings (SSSR count). The second-order valence-corrected chi connectivity index (χ2v) is 3.06. The van der Waals surface area contributed by atoms with E-state index in [1.807, 2.05) is 6.07 Å². The van der Waals surface area contributed by atoms with E-state index in [9.17, 15) is 4.79 Å². The summed E-state index contributed by atoms with van der Waals surface area (Å²) in [6.07, 6.45) is 0.641. The van der Waals surface area contributed by atoms with Crippen molar-refractivity contribution in [2.75, 3.05) is 0 Å². The highest BCUT2D eigenvalue weighted by molar-refractivity contribution is 6.42. The van der Waals surface area contributed by atoms with Crippen LogP contribution in [-0.4, -0.2) is 6.41 Å². The highest BCUT2D eigenvalue weighted by Gasteiger charge is 1.97. The molecule has 0 unspecified atom stereocenters. The maximum atomic E-state index is 9.96. The molecule has 1 amide bonds. The quantitative estimate of drug-likeness (QED) is 0.779. The Balaban J connectivity index is 0.00000144. The van der Waals surface area contributed by atoms with Crippen LogP contribution in [0.5, 0.6) is 0 Å². The van der Waals surface area contributed by atoms with Gasteiger partial charge in [0.1, 0.15) is 0 Å². The van der Waals surface area contributed by atoms with Gasteiger partial charge < -0.3 is 5.32 Å². The molecular formula is C9H11Cl2NO. The number of halogens is 2. The van der Waals surface area contributed by atoms with Gasteiger partial charge in [0, 0.05) is 6.54 Å². The number of hydrogen-bond donors (Lipinski definition) is 1. The number of hydrogen-bond acceptors (Lipinski definition) is 1. The van der Waals surface area contributed by atoms with Gasteiger partial charge in [-0.2, -0.15) is 0 Å². The molecule has 2 nitrogen and oxygen atoms in total. The fourth-order valence-corrected chi connectivity index (χ4v) is 1.13. The van der Waals surface area contributed by atoms with Crippen LogP contribution in [0.2, 0.25) is 10.0 Å². The summed E-state index contributed by atoms with van der Waals surface area (Å²) in [6.45, 7) is 0.473. The molecule has 0 heterocycles. The lowest BCUT2D eigenvalue weighted by Gasteiger charge is -2.01. The number of nitrogens with one attached hydrogen (secondary N) is 1. The third kappa shape index (κ3) is 3.66. The van der Waals surface area contributed by atoms with Crippen molar-refractivity contribution >= 4 is 29.6 Å². The van der Waals surface area contributed by atoms with E-state index in [0.717, 1.165) is 5.56 Å². The maximum absolute atomic E-state index is 9.96. The number of carbonyl (C=O) groups excluding carboxylic acids is 1. The number of amides is 1. The average molecular weight is 220 g/mol. The van der Waals surface area contributed by atoms with Gasteiger partial charge in [-0.3, -0.25) is 4.79 Å². The van der Waals surface area contributed by atoms with Gasteiger partial charge in [0.25, 0.3) is 0 Å². The maximum Gasteiger partial charge on any atom is 0.207 e. The molecule has 0 aromatic heterocycles. The Bertz CT molecular complexity index is 289. The molecule has 0 aliphatic carbocycles. The van der Waals surface area contributed by atoms with Crippen LogP contribution in [0.1, 0.15) is 13.0 Å². The third-order valence-electron chi connectivity index (χ3n) is 1.37. The second kappa shape index (κ2) is 5.84. The largest absolute Gasteiger partial charge is 0.355 e. The molecule has 72 valence electrons. The molecule has 0 saturated carbocycles. The van der Waals surface area contributed by atoms with Crippen LogP contribution >= 0.6 is 23.2 Å². The average Bonchev–Trinajstić information content (AvgIpc) is 2.07. The SMILES string of the molecule is C.O=CNCc1ccc(Cl)c(Cl)c1. The van der Waals surface area contributed by atoms with Crippen molar-refractivity contribution < 1.29 is 4.79 Å². The highest BCUT2D eigenvalue weighted by Crippen LogP contribution is 2.22. The van der Waals surface area contributed by atoms with Crippen molar-refractivity contribution in [3.05, 3.63) is 33.8 Å². The van der Waals surface area contributed by atoms with Crippen LogP contribution in [0.4, 0.5) is 0 Å². The Morgan fingerprint density at radius 2 is 2.00 bits per heavy atom. The molecule has 0 radical (unpaired) electrons. The first-order chi connectivity index (χ1) is 5.74. The standard InChI is InChI=1S/C8H7Cl2NO.CH4/c9-7-2-1-6(3-8(7)10)4-11-5-12;/h1-3,5H,4H2,(H,11,12);1H4. The van der Waals surface area contributed by atoms with Crippen molar-refractivity contribution in [2.24, 2.45) is 0 Å². The van der Waals surface area contributed by atoms with Crippen molar-refractivity contribution in [3.8, 4) is 0 Å². The monoisotopic (exact) mass is 219 g/mol. The highest BCUT2D eigenvalue weighted by atomic mass is 35.5. The minimum atomic E-state index is 0. The summed E-state index contributed by atoms with van der Waals surface area (Å²) < 4.78 is 0. The molecule has 0 aliphatic heterocycles. The lowest BCUT2D eigenvalue weighted by atomic mass is 10.2. The molecule has 0 fully saturated rings. The minimum Gasteiger partial charge on any atom is -0.355 e. The topological polar surface area (TPSA) is 29.1 Å². The summed E-state index contributed by atoms with van der Waals surface area (Å²) in [5.41, 5.74) is 0.927. The molecule has 1 aromatic carbocycles. The molecule has 0 aliphatic rings. The van der Waals surface area contributed by atoms with Crippen molar-refractivity contribution in [2.45, 2.75) is 14.0 Å². The van der Waals surface area contributed by atoms with E-state index in [1.165, 1.54) is 0 Å². The molecule has 0 bridgehead atoms. The van der Waals surface area contributed by atoms with Crippen molar-refractivity contribution in [1.29, 1.82) is 0 Å². The smallest absolute Gasteiger partial charge is 0.207 e. The Labute approximate surface area is 87.8 Å². The van der Waals surface area contributed by atoms with Crippen LogP contribution in [-0.2, 0) is 11.3 Å². The van der Waals surface area contributed by atoms with Gasteiger partial charge in [0.05, 0.1) is 10.0 Å². The van der Waals surface area contributed by atoms with E-state index in [2.05, 4.69) is 5.32 Å². The van der Waals surface area contributed by atoms with Gasteiger partial charge in [0.15, 0.2) is 0 Å². The molecule has 0 spiro atoms. The van der Waals surface area contributed by atoms with Gasteiger partial charge in [0.2, 0.25) is 6.41 Å². The van der Waals surface area contributed by atoms with E-state index in [0.29, 0.717) is 23.0 Å². The molecule has 0 saturated heterocycles. The predicted molar refractivity (Wildman–Crippen MR) is 56.1 cm³/mol. The summed E-state index contributed by atoms with van der Waals surface area (Å²) in [7, 11) is 0. The first-order valence-electron chi connectivity index (χ1n) is 3.35. The Hall–Kier alpha value is -0.730. The van der Waals surface area contributed by atoms with E-state index in [4.69, 9.17) is 23.2 Å². The van der Waals surface area contributed by atoms with Gasteiger partial charge >= 0.3 is 0 Å². The Kier molecular flexibility index (Phi) is 5.51. The zero-order valence-electron chi connectivity index (χ0n) is 6.18. The summed E-state index contributed by atoms with van der Waals surface area (Å²) in [6, 6.07) is 5.23. The first-order valence-corrected chi connectivity index (χ1v) is 4.10. The van der Waals surface area contributed by atoms with E-state index in [1.54, 1.807) is 12.1 Å². The van der Waals surface area contributed by atoms with E-state index >= 15 is 0 Å². The number of benzene rings is 1. The lowest BCUT2D eigenvalue weighted by molar-refractivity contribution is -0.109. The molecule has 1 aromatic rings. The summed E-state index contributed by atoms with van der Waals surface area (Å²) in [5.74, 6) is 0. The second-order valence-electron chi connectivity index (χ2n) is 2.25. The molecule has 4 heteroatoms. The van der Waals surface area contributed by atoms with Crippen molar-refractivity contribution in [3.63, 3.8) is 0 Å². The number of carbonyl (C=O) groups is 1. The fraction of sp³-hybridized carbons (Fsp3) is 0.222. The molecule has 13 heavy (non-hydrogen) atoms. The van der Waals surface area contributed by atoms with Gasteiger partial charge in [-0.15, -0.1) is 0 Å². The Morgan fingerprint density at radius 3 is 2.54 bits per heavy atom. The Morgan fingerprint density at radius 1 is 1.31 bits per heavy atom. The van der Waals surface area contributed by atoms with Crippen LogP contribution < -0.4 is 5.32 Å². The van der Waals surface area contributed by atoms with E-state index < -0.39 is 0 Å². The van der Waals surface area contributed by atoms with Gasteiger partial charge in [-0.1, -0.05) is 36.7 Å². The predicted octanol–water partition coefficient (Wildman–Crippen LogP) is 2.88. The van der Waals surface area contributed by atoms with Gasteiger partial charge in [-0.05, 0) is 17.7 Å². The first kappa shape index (κ1) is 12.3. The zero-order valence-corrected chi connectivity index (χ0v) is 7.69. The molecule has 1 N–H and O–H groups in total. The third-order valence-corrected chi connectivity index (χ3v) is 2.11. The minimum absolute atomic E-state index is 0. The van der Waals surface area contributed by atoms with Crippen LogP contribution in [0.15, 0.2) is 18.2 Å². The van der Waals surface area contributed by atoms with Crippen LogP contribution in [0.25, 0.3) is 0 Å². The number of rotatable bonds is 3. The normalized spacial score (nSPS) is 8.77. The lowest BCUT2D eigenvalue weighted by Crippen LogP contribution is -2.09. The van der Waals surface area contributed by atoms with Crippen LogP contribution in [0, 0.1) is 0 Å². The summed E-state index contributed by atoms with van der Waals surface area (Å²) in [5, 5.41) is 3.55. The summed E-state index contributed by atoms with van der Waals surface area (Å²) in [4.78, 5) is 9.96. The molecule has 0 atom stereocenters. The van der Waals surface area contributed by atoms with Gasteiger partial charge in [-0.25, -0.2) is 0 Å². The molecular weight excluding hydrogens is 209 g/mol. The van der Waals surface area contributed by atoms with Crippen molar-refractivity contribution in [1.82, 2.24) is 5.32 Å².